The number of sulfonamides is 1. The van der Waals surface area contributed by atoms with Gasteiger partial charge in [0.05, 0.1) is 50.9 Å². The molecule has 1 N–H and O–H groups in total. The van der Waals surface area contributed by atoms with Crippen molar-refractivity contribution in [1.29, 1.82) is 0 Å². The Hall–Kier alpha value is -2.58. The van der Waals surface area contributed by atoms with E-state index in [4.69, 9.17) is 4.74 Å². The molecule has 3 rings (SSSR count). The first-order valence-electron chi connectivity index (χ1n) is 9.59. The van der Waals surface area contributed by atoms with Crippen LogP contribution >= 0.6 is 0 Å². The maximum atomic E-state index is 13.2. The van der Waals surface area contributed by atoms with Gasteiger partial charge < -0.3 is 14.5 Å². The van der Waals surface area contributed by atoms with Crippen LogP contribution in [0.5, 0.6) is 5.75 Å². The first-order chi connectivity index (χ1) is 13.8. The molecule has 8 heteroatoms. The van der Waals surface area contributed by atoms with Crippen LogP contribution in [0.15, 0.2) is 47.4 Å². The fourth-order valence-corrected chi connectivity index (χ4v) is 4.66. The number of piperazine rings is 1. The zero-order valence-electron chi connectivity index (χ0n) is 17.3. The van der Waals surface area contributed by atoms with Gasteiger partial charge in [-0.25, -0.2) is 8.42 Å². The minimum atomic E-state index is -3.86. The molecule has 0 unspecified atom stereocenters. The molecule has 29 heavy (non-hydrogen) atoms. The van der Waals surface area contributed by atoms with Crippen molar-refractivity contribution in [2.75, 3.05) is 51.7 Å². The van der Waals surface area contributed by atoms with Crippen molar-refractivity contribution in [3.63, 3.8) is 0 Å². The molecule has 1 amide bonds. The second kappa shape index (κ2) is 8.42. The van der Waals surface area contributed by atoms with Crippen molar-refractivity contribution < 1.29 is 22.8 Å². The molecule has 156 valence electrons. The van der Waals surface area contributed by atoms with Gasteiger partial charge in [0.15, 0.2) is 0 Å². The van der Waals surface area contributed by atoms with Crippen LogP contribution < -0.4 is 13.9 Å². The van der Waals surface area contributed by atoms with Gasteiger partial charge in [-0.1, -0.05) is 18.2 Å². The van der Waals surface area contributed by atoms with Crippen LogP contribution in [-0.2, 0) is 10.0 Å². The van der Waals surface area contributed by atoms with Gasteiger partial charge in [-0.3, -0.25) is 9.10 Å². The molecule has 1 heterocycles. The van der Waals surface area contributed by atoms with Gasteiger partial charge in [-0.05, 0) is 36.8 Å². The molecule has 2 aromatic carbocycles. The predicted octanol–water partition coefficient (Wildman–Crippen LogP) is 0.799. The Balaban J connectivity index is 1.94. The Labute approximate surface area is 172 Å². The average molecular weight is 419 g/mol. The van der Waals surface area contributed by atoms with Gasteiger partial charge in [0, 0.05) is 12.6 Å². The largest absolute Gasteiger partial charge is 0.495 e. The molecule has 0 atom stereocenters. The van der Waals surface area contributed by atoms with E-state index in [2.05, 4.69) is 7.05 Å². The standard InChI is InChI=1S/C21H27N3O4S/c1-16-9-10-17(15-18(16)21(25)24-13-11-22(2)12-14-24)29(26,27)23(3)19-7-5-6-8-20(19)28-4/h5-10,15H,11-14H2,1-4H3/p+1. The summed E-state index contributed by atoms with van der Waals surface area (Å²) in [6.07, 6.45) is 0. The lowest BCUT2D eigenvalue weighted by Gasteiger charge is -2.30. The lowest BCUT2D eigenvalue weighted by Crippen LogP contribution is -3.12. The lowest BCUT2D eigenvalue weighted by atomic mass is 10.1. The fraction of sp³-hybridized carbons (Fsp3) is 0.381. The Morgan fingerprint density at radius 2 is 1.79 bits per heavy atom. The summed E-state index contributed by atoms with van der Waals surface area (Å²) < 4.78 is 33.0. The highest BCUT2D eigenvalue weighted by molar-refractivity contribution is 7.92. The number of hydrogen-bond acceptors (Lipinski definition) is 4. The topological polar surface area (TPSA) is 71.4 Å². The molecule has 0 aromatic heterocycles. The quantitative estimate of drug-likeness (QED) is 0.780. The summed E-state index contributed by atoms with van der Waals surface area (Å²) in [5.74, 6) is 0.342. The number of aryl methyl sites for hydroxylation is 1. The Bertz CT molecular complexity index is 999. The third-order valence-electron chi connectivity index (χ3n) is 5.43. The van der Waals surface area contributed by atoms with Crippen molar-refractivity contribution in [2.45, 2.75) is 11.8 Å². The number of hydrogen-bond donors (Lipinski definition) is 1. The van der Waals surface area contributed by atoms with Crippen molar-refractivity contribution in [3.05, 3.63) is 53.6 Å². The van der Waals surface area contributed by atoms with Crippen molar-refractivity contribution in [2.24, 2.45) is 0 Å². The smallest absolute Gasteiger partial charge is 0.264 e. The number of quaternary nitrogens is 1. The van der Waals surface area contributed by atoms with E-state index in [1.165, 1.54) is 29.4 Å². The van der Waals surface area contributed by atoms with E-state index in [-0.39, 0.29) is 10.8 Å². The van der Waals surface area contributed by atoms with Crippen LogP contribution in [0.3, 0.4) is 0 Å². The molecule has 7 nitrogen and oxygen atoms in total. The van der Waals surface area contributed by atoms with E-state index in [0.717, 1.165) is 18.7 Å². The minimum absolute atomic E-state index is 0.0830. The number of benzene rings is 2. The molecule has 1 saturated heterocycles. The number of methoxy groups -OCH3 is 1. The maximum absolute atomic E-state index is 13.2. The van der Waals surface area contributed by atoms with Crippen LogP contribution in [0, 0.1) is 6.92 Å². The van der Waals surface area contributed by atoms with Gasteiger partial charge >= 0.3 is 0 Å². The number of carbonyl (C=O) groups excluding carboxylic acids is 1. The molecule has 1 aliphatic rings. The number of para-hydroxylation sites is 2. The summed E-state index contributed by atoms with van der Waals surface area (Å²) in [5.41, 5.74) is 1.63. The zero-order valence-corrected chi connectivity index (χ0v) is 18.1. The maximum Gasteiger partial charge on any atom is 0.264 e. The van der Waals surface area contributed by atoms with E-state index in [9.17, 15) is 13.2 Å². The highest BCUT2D eigenvalue weighted by Crippen LogP contribution is 2.31. The van der Waals surface area contributed by atoms with Crippen molar-refractivity contribution in [3.8, 4) is 5.75 Å². The lowest BCUT2D eigenvalue weighted by molar-refractivity contribution is -0.883. The summed E-state index contributed by atoms with van der Waals surface area (Å²) in [7, 11) is 1.23. The molecule has 0 radical (unpaired) electrons. The van der Waals surface area contributed by atoms with E-state index >= 15 is 0 Å². The first kappa shape index (κ1) is 21.1. The average Bonchev–Trinajstić information content (AvgIpc) is 2.73. The molecule has 0 bridgehead atoms. The second-order valence-electron chi connectivity index (χ2n) is 7.37. The van der Waals surface area contributed by atoms with Crippen molar-refractivity contribution >= 4 is 21.6 Å². The monoisotopic (exact) mass is 418 g/mol. The van der Waals surface area contributed by atoms with E-state index < -0.39 is 10.0 Å². The number of anilines is 1. The Morgan fingerprint density at radius 1 is 1.14 bits per heavy atom. The molecule has 2 aromatic rings. The SMILES string of the molecule is COc1ccccc1N(C)S(=O)(=O)c1ccc(C)c(C(=O)N2CC[NH+](C)CC2)c1. The number of nitrogens with one attached hydrogen (secondary N) is 1. The Kier molecular flexibility index (Phi) is 6.14. The van der Waals surface area contributed by atoms with Crippen LogP contribution in [0.25, 0.3) is 0 Å². The molecule has 1 fully saturated rings. The van der Waals surface area contributed by atoms with E-state index in [0.29, 0.717) is 30.1 Å². The van der Waals surface area contributed by atoms with Gasteiger partial charge in [-0.2, -0.15) is 0 Å². The highest BCUT2D eigenvalue weighted by atomic mass is 32.2. The number of likely N-dealkylation sites (N-methyl/N-ethyl adjacent to an activating group) is 1. The normalized spacial score (nSPS) is 15.2. The van der Waals surface area contributed by atoms with Gasteiger partial charge in [-0.15, -0.1) is 0 Å². The van der Waals surface area contributed by atoms with Crippen LogP contribution in [0.1, 0.15) is 15.9 Å². The van der Waals surface area contributed by atoms with Crippen molar-refractivity contribution in [1.82, 2.24) is 4.90 Å². The molecular weight excluding hydrogens is 390 g/mol. The molecule has 0 saturated carbocycles. The number of nitrogens with zero attached hydrogens (tertiary/aromatic N) is 2. The summed E-state index contributed by atoms with van der Waals surface area (Å²) in [5, 5.41) is 0. The molecular formula is C21H28N3O4S+. The van der Waals surface area contributed by atoms with Crippen LogP contribution in [0.2, 0.25) is 0 Å². The van der Waals surface area contributed by atoms with Gasteiger partial charge in [0.1, 0.15) is 5.75 Å². The first-order valence-corrected chi connectivity index (χ1v) is 11.0. The van der Waals surface area contributed by atoms with Crippen LogP contribution in [-0.4, -0.2) is 66.6 Å². The third-order valence-corrected chi connectivity index (χ3v) is 7.19. The van der Waals surface area contributed by atoms with Gasteiger partial charge in [0.25, 0.3) is 15.9 Å². The highest BCUT2D eigenvalue weighted by Gasteiger charge is 2.28. The van der Waals surface area contributed by atoms with E-state index in [1.54, 1.807) is 41.3 Å². The number of rotatable bonds is 5. The van der Waals surface area contributed by atoms with Gasteiger partial charge in [0.2, 0.25) is 0 Å². The summed E-state index contributed by atoms with van der Waals surface area (Å²) in [4.78, 5) is 16.3. The number of ether oxygens (including phenoxy) is 1. The summed E-state index contributed by atoms with van der Waals surface area (Å²) in [6, 6.07) is 11.7. The third kappa shape index (κ3) is 4.23. The zero-order chi connectivity index (χ0) is 21.2. The summed E-state index contributed by atoms with van der Waals surface area (Å²) >= 11 is 0. The number of amides is 1. The predicted molar refractivity (Wildman–Crippen MR) is 112 cm³/mol. The second-order valence-corrected chi connectivity index (χ2v) is 9.34. The molecule has 0 spiro atoms. The minimum Gasteiger partial charge on any atom is -0.495 e. The fourth-order valence-electron chi connectivity index (χ4n) is 3.43. The Morgan fingerprint density at radius 3 is 2.45 bits per heavy atom. The number of carbonyl (C=O) groups is 1. The van der Waals surface area contributed by atoms with Crippen LogP contribution in [0.4, 0.5) is 5.69 Å². The molecule has 0 aliphatic carbocycles. The summed E-state index contributed by atoms with van der Waals surface area (Å²) in [6.45, 7) is 4.94. The van der Waals surface area contributed by atoms with E-state index in [1.807, 2.05) is 6.92 Å². The molecule has 1 aliphatic heterocycles.